The SMILES string of the molecule is CCCc1ccc2c(S(=O)(=O)Cl)c[nH]c2c1. The number of H-pyrrole nitrogens is 1. The molecule has 0 saturated heterocycles. The Kier molecular flexibility index (Phi) is 2.95. The van der Waals surface area contributed by atoms with Crippen molar-refractivity contribution in [1.82, 2.24) is 4.98 Å². The summed E-state index contributed by atoms with van der Waals surface area (Å²) in [6.07, 6.45) is 3.48. The van der Waals surface area contributed by atoms with Gasteiger partial charge in [-0.15, -0.1) is 0 Å². The molecule has 0 aliphatic carbocycles. The molecule has 0 radical (unpaired) electrons. The largest absolute Gasteiger partial charge is 0.360 e. The summed E-state index contributed by atoms with van der Waals surface area (Å²) in [6.45, 7) is 2.10. The van der Waals surface area contributed by atoms with Crippen molar-refractivity contribution in [2.24, 2.45) is 0 Å². The van der Waals surface area contributed by atoms with Crippen LogP contribution in [0.4, 0.5) is 0 Å². The quantitative estimate of drug-likeness (QED) is 0.860. The van der Waals surface area contributed by atoms with Gasteiger partial charge in [-0.25, -0.2) is 8.42 Å². The molecule has 1 aromatic heterocycles. The summed E-state index contributed by atoms with van der Waals surface area (Å²) in [6, 6.07) is 5.70. The lowest BCUT2D eigenvalue weighted by Crippen LogP contribution is -1.88. The van der Waals surface area contributed by atoms with Crippen molar-refractivity contribution < 1.29 is 8.42 Å². The Labute approximate surface area is 98.8 Å². The van der Waals surface area contributed by atoms with E-state index in [4.69, 9.17) is 10.7 Å². The first kappa shape index (κ1) is 11.5. The van der Waals surface area contributed by atoms with Crippen LogP contribution in [0.5, 0.6) is 0 Å². The molecule has 1 aromatic carbocycles. The van der Waals surface area contributed by atoms with Gasteiger partial charge in [-0.1, -0.05) is 25.5 Å². The molecule has 0 amide bonds. The molecule has 5 heteroatoms. The molecule has 0 bridgehead atoms. The van der Waals surface area contributed by atoms with Crippen LogP contribution < -0.4 is 0 Å². The first-order chi connectivity index (χ1) is 7.52. The molecule has 2 aromatic rings. The minimum atomic E-state index is -3.67. The third-order valence-corrected chi connectivity index (χ3v) is 3.87. The van der Waals surface area contributed by atoms with Crippen LogP contribution in [0.3, 0.4) is 0 Å². The van der Waals surface area contributed by atoms with E-state index >= 15 is 0 Å². The van der Waals surface area contributed by atoms with Gasteiger partial charge in [0.2, 0.25) is 0 Å². The maximum absolute atomic E-state index is 11.3. The third kappa shape index (κ3) is 2.08. The number of aryl methyl sites for hydroxylation is 1. The fourth-order valence-electron chi connectivity index (χ4n) is 1.79. The molecule has 0 saturated carbocycles. The van der Waals surface area contributed by atoms with Gasteiger partial charge in [0.25, 0.3) is 9.05 Å². The van der Waals surface area contributed by atoms with Gasteiger partial charge in [0.05, 0.1) is 0 Å². The zero-order chi connectivity index (χ0) is 11.8. The van der Waals surface area contributed by atoms with Crippen LogP contribution in [0.1, 0.15) is 18.9 Å². The maximum Gasteiger partial charge on any atom is 0.263 e. The Hall–Kier alpha value is -1.00. The smallest absolute Gasteiger partial charge is 0.263 e. The minimum absolute atomic E-state index is 0.146. The van der Waals surface area contributed by atoms with Crippen molar-refractivity contribution >= 4 is 30.6 Å². The summed E-state index contributed by atoms with van der Waals surface area (Å²) in [5, 5.41) is 0.648. The molecule has 86 valence electrons. The van der Waals surface area contributed by atoms with Gasteiger partial charge in [0.1, 0.15) is 4.90 Å². The molecule has 1 heterocycles. The molecular weight excluding hydrogens is 246 g/mol. The van der Waals surface area contributed by atoms with E-state index in [9.17, 15) is 8.42 Å². The van der Waals surface area contributed by atoms with E-state index in [1.807, 2.05) is 12.1 Å². The van der Waals surface area contributed by atoms with Crippen molar-refractivity contribution in [3.8, 4) is 0 Å². The van der Waals surface area contributed by atoms with Crippen molar-refractivity contribution in [2.45, 2.75) is 24.7 Å². The molecule has 1 N–H and O–H groups in total. The molecule has 16 heavy (non-hydrogen) atoms. The van der Waals surface area contributed by atoms with Crippen molar-refractivity contribution in [3.63, 3.8) is 0 Å². The van der Waals surface area contributed by atoms with Crippen LogP contribution in [0, 0.1) is 0 Å². The van der Waals surface area contributed by atoms with Crippen LogP contribution in [0.2, 0.25) is 0 Å². The number of hydrogen-bond donors (Lipinski definition) is 1. The Bertz CT molecular complexity index is 616. The van der Waals surface area contributed by atoms with Crippen LogP contribution in [-0.2, 0) is 15.5 Å². The van der Waals surface area contributed by atoms with Gasteiger partial charge in [0.15, 0.2) is 0 Å². The van der Waals surface area contributed by atoms with Crippen LogP contribution in [0.25, 0.3) is 10.9 Å². The number of aromatic nitrogens is 1. The summed E-state index contributed by atoms with van der Waals surface area (Å²) in [5.41, 5.74) is 2.00. The standard InChI is InChI=1S/C11H12ClNO2S/c1-2-3-8-4-5-9-10(6-8)13-7-11(9)16(12,14)15/h4-7,13H,2-3H2,1H3. The van der Waals surface area contributed by atoms with Crippen molar-refractivity contribution in [2.75, 3.05) is 0 Å². The summed E-state index contributed by atoms with van der Waals surface area (Å²) in [5.74, 6) is 0. The van der Waals surface area contributed by atoms with Gasteiger partial charge < -0.3 is 4.98 Å². The Balaban J connectivity index is 2.59. The topological polar surface area (TPSA) is 49.9 Å². The van der Waals surface area contributed by atoms with E-state index in [2.05, 4.69) is 11.9 Å². The first-order valence-electron chi connectivity index (χ1n) is 5.07. The molecule has 0 aliphatic rings. The zero-order valence-corrected chi connectivity index (χ0v) is 10.4. The monoisotopic (exact) mass is 257 g/mol. The summed E-state index contributed by atoms with van der Waals surface area (Å²) < 4.78 is 22.5. The molecule has 2 rings (SSSR count). The highest BCUT2D eigenvalue weighted by Gasteiger charge is 2.15. The first-order valence-corrected chi connectivity index (χ1v) is 7.38. The highest BCUT2D eigenvalue weighted by Crippen LogP contribution is 2.26. The second-order valence-electron chi connectivity index (χ2n) is 3.72. The van der Waals surface area contributed by atoms with Crippen LogP contribution in [-0.4, -0.2) is 13.4 Å². The van der Waals surface area contributed by atoms with Gasteiger partial charge >= 0.3 is 0 Å². The van der Waals surface area contributed by atoms with E-state index in [1.54, 1.807) is 6.07 Å². The Morgan fingerprint density at radius 2 is 2.12 bits per heavy atom. The van der Waals surface area contributed by atoms with Gasteiger partial charge in [-0.3, -0.25) is 0 Å². The van der Waals surface area contributed by atoms with E-state index < -0.39 is 9.05 Å². The lowest BCUT2D eigenvalue weighted by atomic mass is 10.1. The highest BCUT2D eigenvalue weighted by molar-refractivity contribution is 8.14. The summed E-state index contributed by atoms with van der Waals surface area (Å²) >= 11 is 0. The number of fused-ring (bicyclic) bond motifs is 1. The predicted molar refractivity (Wildman–Crippen MR) is 65.3 cm³/mol. The van der Waals surface area contributed by atoms with E-state index in [0.29, 0.717) is 5.39 Å². The second-order valence-corrected chi connectivity index (χ2v) is 6.26. The van der Waals surface area contributed by atoms with Crippen molar-refractivity contribution in [3.05, 3.63) is 30.0 Å². The second kappa shape index (κ2) is 4.11. The molecule has 3 nitrogen and oxygen atoms in total. The lowest BCUT2D eigenvalue weighted by molar-refractivity contribution is 0.610. The normalized spacial score (nSPS) is 12.1. The van der Waals surface area contributed by atoms with Gasteiger partial charge in [-0.05, 0) is 18.1 Å². The van der Waals surface area contributed by atoms with Gasteiger partial charge in [-0.2, -0.15) is 0 Å². The Morgan fingerprint density at radius 3 is 2.75 bits per heavy atom. The van der Waals surface area contributed by atoms with E-state index in [-0.39, 0.29) is 4.90 Å². The molecule has 0 spiro atoms. The molecular formula is C11H12ClNO2S. The maximum atomic E-state index is 11.3. The average Bonchev–Trinajstić information content (AvgIpc) is 2.60. The lowest BCUT2D eigenvalue weighted by Gasteiger charge is -1.99. The summed E-state index contributed by atoms with van der Waals surface area (Å²) in [7, 11) is 1.66. The van der Waals surface area contributed by atoms with E-state index in [0.717, 1.165) is 18.4 Å². The number of hydrogen-bond acceptors (Lipinski definition) is 2. The predicted octanol–water partition coefficient (Wildman–Crippen LogP) is 3.05. The third-order valence-electron chi connectivity index (χ3n) is 2.51. The van der Waals surface area contributed by atoms with Crippen LogP contribution >= 0.6 is 10.7 Å². The fourth-order valence-corrected chi connectivity index (χ4v) is 2.82. The molecule has 0 atom stereocenters. The van der Waals surface area contributed by atoms with Gasteiger partial charge in [0, 0.05) is 27.8 Å². The number of halogens is 1. The number of nitrogens with one attached hydrogen (secondary N) is 1. The number of aromatic amines is 1. The average molecular weight is 258 g/mol. The van der Waals surface area contributed by atoms with Crippen LogP contribution in [0.15, 0.2) is 29.3 Å². The zero-order valence-electron chi connectivity index (χ0n) is 8.83. The number of benzene rings is 1. The fraction of sp³-hybridized carbons (Fsp3) is 0.273. The highest BCUT2D eigenvalue weighted by atomic mass is 35.7. The number of rotatable bonds is 3. The summed E-state index contributed by atoms with van der Waals surface area (Å²) in [4.78, 5) is 3.08. The molecule has 0 aliphatic heterocycles. The Morgan fingerprint density at radius 1 is 1.38 bits per heavy atom. The van der Waals surface area contributed by atoms with Crippen molar-refractivity contribution in [1.29, 1.82) is 0 Å². The minimum Gasteiger partial charge on any atom is -0.360 e. The van der Waals surface area contributed by atoms with E-state index in [1.165, 1.54) is 11.8 Å². The molecule has 0 unspecified atom stereocenters. The molecule has 0 fully saturated rings.